The number of carbonyl (C=O) groups is 2. The van der Waals surface area contributed by atoms with Crippen LogP contribution in [0.4, 0.5) is 0 Å². The molecule has 1 N–H and O–H groups in total. The number of rotatable bonds is 5. The van der Waals surface area contributed by atoms with Gasteiger partial charge in [-0.15, -0.1) is 0 Å². The molecule has 24 heavy (non-hydrogen) atoms. The van der Waals surface area contributed by atoms with Crippen LogP contribution in [0.25, 0.3) is 5.70 Å². The van der Waals surface area contributed by atoms with Gasteiger partial charge in [-0.1, -0.05) is 37.3 Å². The van der Waals surface area contributed by atoms with E-state index in [2.05, 4.69) is 5.32 Å². The Morgan fingerprint density at radius 3 is 2.08 bits per heavy atom. The number of allylic oxidation sites excluding steroid dienone is 1. The first-order valence-electron chi connectivity index (χ1n) is 8.12. The molecule has 1 aliphatic rings. The molecule has 1 heterocycles. The van der Waals surface area contributed by atoms with Crippen molar-refractivity contribution in [1.29, 1.82) is 0 Å². The van der Waals surface area contributed by atoms with Crippen LogP contribution < -0.4 is 5.32 Å². The number of ether oxygens (including phenoxy) is 2. The minimum atomic E-state index is -0.425. The molecular weight excluding hydrogens is 306 g/mol. The number of carbonyl (C=O) groups excluding carboxylic acids is 2. The predicted octanol–water partition coefficient (Wildman–Crippen LogP) is 3.04. The molecule has 1 atom stereocenters. The summed E-state index contributed by atoms with van der Waals surface area (Å²) in [5.74, 6) is -1.26. The van der Waals surface area contributed by atoms with Crippen molar-refractivity contribution >= 4 is 17.6 Å². The Hall–Kier alpha value is -2.56. The van der Waals surface area contributed by atoms with E-state index in [-0.39, 0.29) is 13.2 Å². The van der Waals surface area contributed by atoms with Gasteiger partial charge in [0.25, 0.3) is 0 Å². The zero-order valence-corrected chi connectivity index (χ0v) is 14.5. The summed E-state index contributed by atoms with van der Waals surface area (Å²) in [7, 11) is 0. The van der Waals surface area contributed by atoms with Crippen molar-refractivity contribution in [2.45, 2.75) is 27.7 Å². The quantitative estimate of drug-likeness (QED) is 0.841. The smallest absolute Gasteiger partial charge is 0.336 e. The molecule has 1 aromatic carbocycles. The number of dihydropyridines is 1. The number of hydrogen-bond donors (Lipinski definition) is 1. The van der Waals surface area contributed by atoms with Crippen LogP contribution in [0.3, 0.4) is 0 Å². The number of hydrogen-bond acceptors (Lipinski definition) is 5. The first kappa shape index (κ1) is 17.8. The van der Waals surface area contributed by atoms with Gasteiger partial charge in [0.2, 0.25) is 0 Å². The summed E-state index contributed by atoms with van der Waals surface area (Å²) in [4.78, 5) is 24.8. The number of nitrogens with one attached hydrogen (secondary N) is 1. The lowest BCUT2D eigenvalue weighted by molar-refractivity contribution is -0.139. The fraction of sp³-hybridized carbons (Fsp3) is 0.368. The molecule has 1 aliphatic heterocycles. The minimum absolute atomic E-state index is 0.272. The predicted molar refractivity (Wildman–Crippen MR) is 91.6 cm³/mol. The molecule has 0 bridgehead atoms. The molecule has 0 saturated heterocycles. The lowest BCUT2D eigenvalue weighted by atomic mass is 9.85. The zero-order chi connectivity index (χ0) is 17.7. The van der Waals surface area contributed by atoms with Gasteiger partial charge in [-0.25, -0.2) is 9.59 Å². The van der Waals surface area contributed by atoms with Crippen molar-refractivity contribution in [3.8, 4) is 0 Å². The molecule has 0 aliphatic carbocycles. The van der Waals surface area contributed by atoms with Crippen molar-refractivity contribution < 1.29 is 19.1 Å². The molecule has 2 rings (SSSR count). The maximum absolute atomic E-state index is 12.5. The lowest BCUT2D eigenvalue weighted by Gasteiger charge is -2.29. The molecule has 0 radical (unpaired) electrons. The monoisotopic (exact) mass is 329 g/mol. The molecule has 5 heteroatoms. The molecule has 5 nitrogen and oxygen atoms in total. The molecule has 1 aromatic rings. The van der Waals surface area contributed by atoms with Gasteiger partial charge in [0.05, 0.1) is 30.1 Å². The van der Waals surface area contributed by atoms with Crippen LogP contribution in [-0.2, 0) is 19.1 Å². The second kappa shape index (κ2) is 7.81. The Balaban J connectivity index is 2.53. The van der Waals surface area contributed by atoms with Crippen molar-refractivity contribution in [3.63, 3.8) is 0 Å². The lowest BCUT2D eigenvalue weighted by Crippen LogP contribution is -2.32. The average Bonchev–Trinajstić information content (AvgIpc) is 2.55. The Bertz CT molecular complexity index is 689. The normalized spacial score (nSPS) is 17.4. The second-order valence-electron chi connectivity index (χ2n) is 5.48. The van der Waals surface area contributed by atoms with Crippen LogP contribution in [0.2, 0.25) is 0 Å². The molecule has 128 valence electrons. The average molecular weight is 329 g/mol. The third-order valence-corrected chi connectivity index (χ3v) is 3.91. The van der Waals surface area contributed by atoms with E-state index in [1.165, 1.54) is 0 Å². The van der Waals surface area contributed by atoms with Gasteiger partial charge in [0.15, 0.2) is 0 Å². The third-order valence-electron chi connectivity index (χ3n) is 3.91. The highest BCUT2D eigenvalue weighted by Crippen LogP contribution is 2.34. The van der Waals surface area contributed by atoms with Crippen LogP contribution in [0.5, 0.6) is 0 Å². The van der Waals surface area contributed by atoms with E-state index < -0.39 is 17.9 Å². The van der Waals surface area contributed by atoms with Crippen LogP contribution in [-0.4, -0.2) is 25.2 Å². The first-order chi connectivity index (χ1) is 11.5. The van der Waals surface area contributed by atoms with Crippen molar-refractivity contribution in [2.75, 3.05) is 13.2 Å². The first-order valence-corrected chi connectivity index (χ1v) is 8.12. The van der Waals surface area contributed by atoms with Gasteiger partial charge < -0.3 is 14.8 Å². The molecule has 0 saturated carbocycles. The zero-order valence-electron chi connectivity index (χ0n) is 14.5. The van der Waals surface area contributed by atoms with Gasteiger partial charge in [0, 0.05) is 11.6 Å². The summed E-state index contributed by atoms with van der Waals surface area (Å²) >= 11 is 0. The number of benzene rings is 1. The molecule has 0 unspecified atom stereocenters. The standard InChI is InChI=1S/C19H23NO4/c1-5-23-18(21)15-12(3)16(19(22)24-6-2)17(20-13(15)4)14-10-8-7-9-11-14/h7-12,20H,5-6H2,1-4H3/t12-/m1/s1. The Morgan fingerprint density at radius 1 is 1.00 bits per heavy atom. The van der Waals surface area contributed by atoms with Gasteiger partial charge >= 0.3 is 11.9 Å². The number of esters is 2. The van der Waals surface area contributed by atoms with E-state index in [4.69, 9.17) is 9.47 Å². The van der Waals surface area contributed by atoms with Crippen molar-refractivity contribution in [2.24, 2.45) is 5.92 Å². The highest BCUT2D eigenvalue weighted by Gasteiger charge is 2.35. The van der Waals surface area contributed by atoms with Gasteiger partial charge in [-0.2, -0.15) is 0 Å². The summed E-state index contributed by atoms with van der Waals surface area (Å²) in [6.45, 7) is 7.71. The highest BCUT2D eigenvalue weighted by atomic mass is 16.5. The molecule has 0 fully saturated rings. The van der Waals surface area contributed by atoms with E-state index in [1.807, 2.05) is 44.2 Å². The van der Waals surface area contributed by atoms with E-state index in [1.54, 1.807) is 13.8 Å². The summed E-state index contributed by atoms with van der Waals surface area (Å²) in [6, 6.07) is 9.54. The van der Waals surface area contributed by atoms with E-state index in [0.29, 0.717) is 22.5 Å². The van der Waals surface area contributed by atoms with Crippen LogP contribution in [0.1, 0.15) is 33.3 Å². The molecule has 0 amide bonds. The van der Waals surface area contributed by atoms with Crippen LogP contribution in [0.15, 0.2) is 47.2 Å². The summed E-state index contributed by atoms with van der Waals surface area (Å²) in [6.07, 6.45) is 0. The van der Waals surface area contributed by atoms with E-state index >= 15 is 0 Å². The van der Waals surface area contributed by atoms with Crippen molar-refractivity contribution in [1.82, 2.24) is 5.32 Å². The maximum Gasteiger partial charge on any atom is 0.336 e. The Morgan fingerprint density at radius 2 is 1.54 bits per heavy atom. The van der Waals surface area contributed by atoms with Crippen LogP contribution in [0, 0.1) is 5.92 Å². The molecule has 0 aromatic heterocycles. The SMILES string of the molecule is CCOC(=O)C1=C(C)NC(c2ccccc2)=C(C(=O)OCC)[C@@H]1C. The van der Waals surface area contributed by atoms with E-state index in [0.717, 1.165) is 5.56 Å². The van der Waals surface area contributed by atoms with Gasteiger partial charge in [-0.3, -0.25) is 0 Å². The second-order valence-corrected chi connectivity index (χ2v) is 5.48. The summed E-state index contributed by atoms with van der Waals surface area (Å²) in [5.41, 5.74) is 3.13. The van der Waals surface area contributed by atoms with E-state index in [9.17, 15) is 9.59 Å². The van der Waals surface area contributed by atoms with Gasteiger partial charge in [-0.05, 0) is 26.3 Å². The Labute approximate surface area is 142 Å². The molecular formula is C19H23NO4. The fourth-order valence-corrected chi connectivity index (χ4v) is 2.87. The molecule has 0 spiro atoms. The van der Waals surface area contributed by atoms with Gasteiger partial charge in [0.1, 0.15) is 0 Å². The largest absolute Gasteiger partial charge is 0.463 e. The Kier molecular flexibility index (Phi) is 5.79. The van der Waals surface area contributed by atoms with Crippen LogP contribution >= 0.6 is 0 Å². The summed E-state index contributed by atoms with van der Waals surface area (Å²) < 4.78 is 10.4. The minimum Gasteiger partial charge on any atom is -0.463 e. The third kappa shape index (κ3) is 3.50. The maximum atomic E-state index is 12.5. The highest BCUT2D eigenvalue weighted by molar-refractivity contribution is 6.03. The van der Waals surface area contributed by atoms with Crippen molar-refractivity contribution in [3.05, 3.63) is 52.7 Å². The topological polar surface area (TPSA) is 64.6 Å². The summed E-state index contributed by atoms with van der Waals surface area (Å²) in [5, 5.41) is 3.20. The fourth-order valence-electron chi connectivity index (χ4n) is 2.87.